The van der Waals surface area contributed by atoms with Crippen LogP contribution in [0.3, 0.4) is 0 Å². The second-order valence-electron chi connectivity index (χ2n) is 4.91. The van der Waals surface area contributed by atoms with E-state index >= 15 is 0 Å². The number of hydrogen-bond donors (Lipinski definition) is 0. The van der Waals surface area contributed by atoms with Crippen LogP contribution in [-0.4, -0.2) is 0 Å². The van der Waals surface area contributed by atoms with Gasteiger partial charge >= 0.3 is 107 Å². The van der Waals surface area contributed by atoms with Gasteiger partial charge in [-0.3, -0.25) is 0 Å². The van der Waals surface area contributed by atoms with E-state index in [4.69, 9.17) is 0 Å². The van der Waals surface area contributed by atoms with Gasteiger partial charge in [0.05, 0.1) is 0 Å². The SMILES string of the molecule is CCC[CH2][Zr][C]1(C)C(C)=C(C)C(C)=C1C. The minimum atomic E-state index is -0.290. The second-order valence-corrected chi connectivity index (χ2v) is 9.46. The number of unbranched alkanes of at least 4 members (excludes halogenated alkanes) is 1. The summed E-state index contributed by atoms with van der Waals surface area (Å²) in [5.41, 5.74) is 6.51. The molecule has 1 aliphatic rings. The van der Waals surface area contributed by atoms with Crippen molar-refractivity contribution < 1.29 is 23.2 Å². The first-order valence-corrected chi connectivity index (χ1v) is 9.03. The summed E-state index contributed by atoms with van der Waals surface area (Å²) in [6.45, 7) is 14.1. The molecule has 0 aromatic rings. The molecule has 1 aliphatic carbocycles. The van der Waals surface area contributed by atoms with Crippen LogP contribution in [0, 0.1) is 0 Å². The van der Waals surface area contributed by atoms with Crippen molar-refractivity contribution in [1.29, 1.82) is 0 Å². The molecule has 1 heteroatoms. The molecule has 1 rings (SSSR count). The Balaban J connectivity index is 2.85. The van der Waals surface area contributed by atoms with Crippen LogP contribution >= 0.6 is 0 Å². The molecule has 0 unspecified atom stereocenters. The van der Waals surface area contributed by atoms with Crippen LogP contribution in [0.5, 0.6) is 0 Å². The van der Waals surface area contributed by atoms with Gasteiger partial charge in [-0.1, -0.05) is 0 Å². The van der Waals surface area contributed by atoms with Crippen molar-refractivity contribution in [1.82, 2.24) is 0 Å². The Morgan fingerprint density at radius 2 is 1.47 bits per heavy atom. The van der Waals surface area contributed by atoms with Crippen LogP contribution < -0.4 is 0 Å². The molecule has 84 valence electrons. The van der Waals surface area contributed by atoms with E-state index in [1.807, 2.05) is 0 Å². The first kappa shape index (κ1) is 13.4. The normalized spacial score (nSPS) is 20.1. The number of hydrogen-bond acceptors (Lipinski definition) is 0. The third-order valence-electron chi connectivity index (χ3n) is 4.20. The molecule has 0 nitrogen and oxygen atoms in total. The minimum absolute atomic E-state index is 0.290. The molecule has 0 N–H and O–H groups in total. The zero-order valence-corrected chi connectivity index (χ0v) is 13.6. The Morgan fingerprint density at radius 1 is 1.00 bits per heavy atom. The average Bonchev–Trinajstić information content (AvgIpc) is 2.36. The van der Waals surface area contributed by atoms with Crippen LogP contribution in [0.15, 0.2) is 22.3 Å². The van der Waals surface area contributed by atoms with Crippen molar-refractivity contribution in [2.75, 3.05) is 0 Å². The van der Waals surface area contributed by atoms with E-state index in [0.29, 0.717) is 3.12 Å². The molecule has 0 fully saturated rings. The fourth-order valence-electron chi connectivity index (χ4n) is 2.37. The van der Waals surface area contributed by atoms with E-state index in [9.17, 15) is 0 Å². The second kappa shape index (κ2) is 5.13. The molecule has 0 heterocycles. The molecular weight excluding hydrogens is 259 g/mol. The molecule has 0 saturated carbocycles. The summed E-state index contributed by atoms with van der Waals surface area (Å²) in [5, 5.41) is 0. The predicted octanol–water partition coefficient (Wildman–Crippen LogP) is 5.15. The summed E-state index contributed by atoms with van der Waals surface area (Å²) >= 11 is -0.290. The fraction of sp³-hybridized carbons (Fsp3) is 0.714. The molecule has 0 spiro atoms. The van der Waals surface area contributed by atoms with Gasteiger partial charge in [0.15, 0.2) is 0 Å². The third-order valence-corrected chi connectivity index (χ3v) is 9.26. The van der Waals surface area contributed by atoms with Crippen molar-refractivity contribution in [2.45, 2.75) is 61.6 Å². The zero-order chi connectivity index (χ0) is 11.6. The van der Waals surface area contributed by atoms with Crippen LogP contribution in [0.1, 0.15) is 54.4 Å². The summed E-state index contributed by atoms with van der Waals surface area (Å²) in [4.78, 5) is 0. The molecule has 0 aliphatic heterocycles. The molecule has 15 heavy (non-hydrogen) atoms. The Bertz CT molecular complexity index is 283. The van der Waals surface area contributed by atoms with Crippen LogP contribution in [0.2, 0.25) is 7.25 Å². The Kier molecular flexibility index (Phi) is 4.59. The Hall–Kier alpha value is 0.363. The molecule has 0 saturated heterocycles. The van der Waals surface area contributed by atoms with Crippen LogP contribution in [0.25, 0.3) is 0 Å². The average molecular weight is 284 g/mol. The van der Waals surface area contributed by atoms with E-state index in [2.05, 4.69) is 41.5 Å². The summed E-state index contributed by atoms with van der Waals surface area (Å²) in [6, 6.07) is 0. The fourth-order valence-corrected chi connectivity index (χ4v) is 7.13. The molecule has 0 amide bonds. The Morgan fingerprint density at radius 3 is 1.87 bits per heavy atom. The van der Waals surface area contributed by atoms with Crippen molar-refractivity contribution in [3.05, 3.63) is 22.3 Å². The van der Waals surface area contributed by atoms with Crippen LogP contribution in [0.4, 0.5) is 0 Å². The summed E-state index contributed by atoms with van der Waals surface area (Å²) in [5.74, 6) is 0. The van der Waals surface area contributed by atoms with Gasteiger partial charge < -0.3 is 0 Å². The van der Waals surface area contributed by atoms with E-state index < -0.39 is 0 Å². The first-order chi connectivity index (χ1) is 6.95. The van der Waals surface area contributed by atoms with Gasteiger partial charge in [0, 0.05) is 0 Å². The van der Waals surface area contributed by atoms with Gasteiger partial charge in [0.25, 0.3) is 0 Å². The van der Waals surface area contributed by atoms with E-state index in [1.165, 1.54) is 17.0 Å². The van der Waals surface area contributed by atoms with Gasteiger partial charge in [0.2, 0.25) is 0 Å². The molecule has 0 atom stereocenters. The van der Waals surface area contributed by atoms with Gasteiger partial charge in [-0.15, -0.1) is 0 Å². The van der Waals surface area contributed by atoms with Crippen molar-refractivity contribution >= 4 is 0 Å². The van der Waals surface area contributed by atoms with E-state index in [1.54, 1.807) is 22.3 Å². The number of allylic oxidation sites excluding steroid dienone is 4. The van der Waals surface area contributed by atoms with E-state index in [-0.39, 0.29) is 23.2 Å². The molecule has 0 aromatic carbocycles. The summed E-state index contributed by atoms with van der Waals surface area (Å²) < 4.78 is 2.07. The van der Waals surface area contributed by atoms with Crippen molar-refractivity contribution in [3.63, 3.8) is 0 Å². The topological polar surface area (TPSA) is 0 Å². The standard InChI is InChI=1S/C10H15.C4H9.Zr/c1-6-7(2)9(4)10(5)8(6)3;1-3-4-2;/h1-5H3;1,3-4H2,2H3;. The molecule has 0 bridgehead atoms. The van der Waals surface area contributed by atoms with Gasteiger partial charge in [0.1, 0.15) is 0 Å². The van der Waals surface area contributed by atoms with Crippen molar-refractivity contribution in [3.8, 4) is 0 Å². The summed E-state index contributed by atoms with van der Waals surface area (Å²) in [7, 11) is 0. The van der Waals surface area contributed by atoms with Crippen LogP contribution in [-0.2, 0) is 23.2 Å². The van der Waals surface area contributed by atoms with Gasteiger partial charge in [-0.2, -0.15) is 0 Å². The molecular formula is C14H24Zr. The monoisotopic (exact) mass is 282 g/mol. The van der Waals surface area contributed by atoms with Gasteiger partial charge in [-0.05, 0) is 0 Å². The quantitative estimate of drug-likeness (QED) is 0.626. The zero-order valence-electron chi connectivity index (χ0n) is 11.1. The molecule has 0 aromatic heterocycles. The first-order valence-electron chi connectivity index (χ1n) is 6.06. The number of rotatable bonds is 4. The molecule has 0 radical (unpaired) electrons. The Labute approximate surface area is 107 Å². The maximum atomic E-state index is 2.50. The maximum absolute atomic E-state index is 2.50. The van der Waals surface area contributed by atoms with E-state index in [0.717, 1.165) is 0 Å². The third kappa shape index (κ3) is 2.38. The van der Waals surface area contributed by atoms with Gasteiger partial charge in [-0.25, -0.2) is 0 Å². The predicted molar refractivity (Wildman–Crippen MR) is 64.8 cm³/mol. The van der Waals surface area contributed by atoms with Crippen molar-refractivity contribution in [2.24, 2.45) is 0 Å². The summed E-state index contributed by atoms with van der Waals surface area (Å²) in [6.07, 6.45) is 2.81.